The third-order valence-electron chi connectivity index (χ3n) is 4.25. The number of nitrogens with zero attached hydrogens (tertiary/aromatic N) is 1. The van der Waals surface area contributed by atoms with Gasteiger partial charge in [0.2, 0.25) is 5.91 Å². The van der Waals surface area contributed by atoms with E-state index < -0.39 is 18.1 Å². The van der Waals surface area contributed by atoms with Gasteiger partial charge in [-0.25, -0.2) is 0 Å². The second-order valence-corrected chi connectivity index (χ2v) is 6.39. The standard InChI is InChI=1S/C15H28N2O3/c1-5-6-9-16-13(18)11(2)17-10-7-8-15(3,4)12(17)14(19)20/h11-12H,5-10H2,1-4H3,(H,16,18)(H,19,20). The topological polar surface area (TPSA) is 69.6 Å². The molecule has 2 atom stereocenters. The van der Waals surface area contributed by atoms with Crippen LogP contribution in [-0.2, 0) is 9.59 Å². The Balaban J connectivity index is 2.75. The average Bonchev–Trinajstić information content (AvgIpc) is 2.36. The van der Waals surface area contributed by atoms with Crippen LogP contribution in [0.15, 0.2) is 0 Å². The van der Waals surface area contributed by atoms with Gasteiger partial charge in [-0.05, 0) is 38.1 Å². The fourth-order valence-electron chi connectivity index (χ4n) is 3.01. The maximum Gasteiger partial charge on any atom is 0.321 e. The van der Waals surface area contributed by atoms with Crippen LogP contribution < -0.4 is 5.32 Å². The summed E-state index contributed by atoms with van der Waals surface area (Å²) in [7, 11) is 0. The summed E-state index contributed by atoms with van der Waals surface area (Å²) in [6.45, 7) is 9.15. The number of likely N-dealkylation sites (tertiary alicyclic amines) is 1. The first kappa shape index (κ1) is 17.0. The van der Waals surface area contributed by atoms with Crippen LogP contribution >= 0.6 is 0 Å². The highest BCUT2D eigenvalue weighted by atomic mass is 16.4. The number of amides is 1. The Morgan fingerprint density at radius 3 is 2.65 bits per heavy atom. The van der Waals surface area contributed by atoms with Crippen molar-refractivity contribution in [3.8, 4) is 0 Å². The van der Waals surface area contributed by atoms with E-state index in [4.69, 9.17) is 0 Å². The quantitative estimate of drug-likeness (QED) is 0.731. The number of carboxylic acids is 1. The van der Waals surface area contributed by atoms with E-state index in [0.717, 1.165) is 25.7 Å². The number of carbonyl (C=O) groups is 2. The second kappa shape index (κ2) is 7.07. The minimum Gasteiger partial charge on any atom is -0.480 e. The molecule has 0 bridgehead atoms. The van der Waals surface area contributed by atoms with Crippen molar-refractivity contribution in [1.29, 1.82) is 0 Å². The van der Waals surface area contributed by atoms with Crippen LogP contribution in [0, 0.1) is 5.41 Å². The molecule has 0 aromatic carbocycles. The van der Waals surface area contributed by atoms with E-state index in [0.29, 0.717) is 13.1 Å². The smallest absolute Gasteiger partial charge is 0.321 e. The SMILES string of the molecule is CCCCNC(=O)C(C)N1CCCC(C)(C)C1C(=O)O. The fraction of sp³-hybridized carbons (Fsp3) is 0.867. The molecule has 0 radical (unpaired) electrons. The van der Waals surface area contributed by atoms with Crippen LogP contribution in [0.2, 0.25) is 0 Å². The summed E-state index contributed by atoms with van der Waals surface area (Å²) in [5, 5.41) is 12.4. The van der Waals surface area contributed by atoms with Crippen molar-refractivity contribution in [3.63, 3.8) is 0 Å². The van der Waals surface area contributed by atoms with E-state index in [1.165, 1.54) is 0 Å². The van der Waals surface area contributed by atoms with Gasteiger partial charge in [0, 0.05) is 6.54 Å². The molecular formula is C15H28N2O3. The van der Waals surface area contributed by atoms with Gasteiger partial charge in [0.1, 0.15) is 6.04 Å². The predicted molar refractivity (Wildman–Crippen MR) is 78.5 cm³/mol. The highest BCUT2D eigenvalue weighted by molar-refractivity contribution is 5.83. The van der Waals surface area contributed by atoms with E-state index in [1.54, 1.807) is 6.92 Å². The molecule has 1 heterocycles. The summed E-state index contributed by atoms with van der Waals surface area (Å²) >= 11 is 0. The molecule has 2 unspecified atom stereocenters. The predicted octanol–water partition coefficient (Wildman–Crippen LogP) is 1.87. The first-order chi connectivity index (χ1) is 9.31. The van der Waals surface area contributed by atoms with Gasteiger partial charge in [-0.1, -0.05) is 27.2 Å². The molecule has 1 rings (SSSR count). The molecule has 0 aromatic rings. The Morgan fingerprint density at radius 2 is 2.10 bits per heavy atom. The maximum atomic E-state index is 12.2. The van der Waals surface area contributed by atoms with Gasteiger partial charge in [0.05, 0.1) is 6.04 Å². The molecule has 5 nitrogen and oxygen atoms in total. The second-order valence-electron chi connectivity index (χ2n) is 6.39. The Labute approximate surface area is 121 Å². The van der Waals surface area contributed by atoms with E-state index in [-0.39, 0.29) is 11.3 Å². The third kappa shape index (κ3) is 3.95. The summed E-state index contributed by atoms with van der Waals surface area (Å²) in [5.74, 6) is -0.898. The van der Waals surface area contributed by atoms with E-state index >= 15 is 0 Å². The molecule has 1 saturated heterocycles. The van der Waals surface area contributed by atoms with Crippen LogP contribution in [0.5, 0.6) is 0 Å². The number of hydrogen-bond donors (Lipinski definition) is 2. The van der Waals surface area contributed by atoms with Gasteiger partial charge in [-0.3, -0.25) is 14.5 Å². The Bertz CT molecular complexity index is 355. The average molecular weight is 284 g/mol. The summed E-state index contributed by atoms with van der Waals surface area (Å²) in [6.07, 6.45) is 3.80. The van der Waals surface area contributed by atoms with E-state index in [1.807, 2.05) is 18.7 Å². The molecule has 0 saturated carbocycles. The molecule has 0 spiro atoms. The molecule has 1 amide bonds. The van der Waals surface area contributed by atoms with Gasteiger partial charge in [0.15, 0.2) is 0 Å². The van der Waals surface area contributed by atoms with Crippen LogP contribution in [0.1, 0.15) is 53.4 Å². The van der Waals surface area contributed by atoms with Crippen molar-refractivity contribution in [3.05, 3.63) is 0 Å². The van der Waals surface area contributed by atoms with Crippen molar-refractivity contribution in [2.75, 3.05) is 13.1 Å². The maximum absolute atomic E-state index is 12.2. The monoisotopic (exact) mass is 284 g/mol. The Hall–Kier alpha value is -1.10. The summed E-state index contributed by atoms with van der Waals surface area (Å²) in [5.41, 5.74) is -0.304. The number of nitrogens with one attached hydrogen (secondary N) is 1. The lowest BCUT2D eigenvalue weighted by Crippen LogP contribution is -2.60. The summed E-state index contributed by atoms with van der Waals surface area (Å²) in [4.78, 5) is 25.6. The molecule has 2 N–H and O–H groups in total. The lowest BCUT2D eigenvalue weighted by Gasteiger charge is -2.46. The van der Waals surface area contributed by atoms with Crippen molar-refractivity contribution < 1.29 is 14.7 Å². The van der Waals surface area contributed by atoms with E-state index in [2.05, 4.69) is 12.2 Å². The van der Waals surface area contributed by atoms with Crippen molar-refractivity contribution in [2.24, 2.45) is 5.41 Å². The van der Waals surface area contributed by atoms with Gasteiger partial charge in [-0.15, -0.1) is 0 Å². The number of carboxylic acid groups (broad SMARTS) is 1. The van der Waals surface area contributed by atoms with Crippen LogP contribution in [0.3, 0.4) is 0 Å². The zero-order valence-corrected chi connectivity index (χ0v) is 13.1. The minimum absolute atomic E-state index is 0.0672. The molecule has 0 aliphatic carbocycles. The van der Waals surface area contributed by atoms with Crippen LogP contribution in [-0.4, -0.2) is 47.1 Å². The highest BCUT2D eigenvalue weighted by Crippen LogP contribution is 2.36. The first-order valence-electron chi connectivity index (χ1n) is 7.57. The molecule has 5 heteroatoms. The normalized spacial score (nSPS) is 24.1. The zero-order valence-electron chi connectivity index (χ0n) is 13.1. The van der Waals surface area contributed by atoms with Crippen LogP contribution in [0.4, 0.5) is 0 Å². The molecular weight excluding hydrogens is 256 g/mol. The minimum atomic E-state index is -0.831. The lowest BCUT2D eigenvalue weighted by molar-refractivity contribution is -0.154. The number of rotatable bonds is 6. The van der Waals surface area contributed by atoms with Crippen molar-refractivity contribution in [2.45, 2.75) is 65.5 Å². The lowest BCUT2D eigenvalue weighted by atomic mass is 9.76. The van der Waals surface area contributed by atoms with Gasteiger partial charge in [0.25, 0.3) is 0 Å². The first-order valence-corrected chi connectivity index (χ1v) is 7.57. The van der Waals surface area contributed by atoms with Crippen LogP contribution in [0.25, 0.3) is 0 Å². The molecule has 1 fully saturated rings. The number of carbonyl (C=O) groups excluding carboxylic acids is 1. The Morgan fingerprint density at radius 1 is 1.45 bits per heavy atom. The van der Waals surface area contributed by atoms with Crippen molar-refractivity contribution >= 4 is 11.9 Å². The largest absolute Gasteiger partial charge is 0.480 e. The Kier molecular flexibility index (Phi) is 5.99. The molecule has 116 valence electrons. The summed E-state index contributed by atoms with van der Waals surface area (Å²) < 4.78 is 0. The van der Waals surface area contributed by atoms with Crippen molar-refractivity contribution in [1.82, 2.24) is 10.2 Å². The molecule has 1 aliphatic rings. The molecule has 0 aromatic heterocycles. The highest BCUT2D eigenvalue weighted by Gasteiger charge is 2.45. The zero-order chi connectivity index (χ0) is 15.3. The molecule has 20 heavy (non-hydrogen) atoms. The number of hydrogen-bond acceptors (Lipinski definition) is 3. The van der Waals surface area contributed by atoms with Gasteiger partial charge < -0.3 is 10.4 Å². The number of piperidine rings is 1. The van der Waals surface area contributed by atoms with E-state index in [9.17, 15) is 14.7 Å². The van der Waals surface area contributed by atoms with Gasteiger partial charge >= 0.3 is 5.97 Å². The fourth-order valence-corrected chi connectivity index (χ4v) is 3.01. The number of unbranched alkanes of at least 4 members (excludes halogenated alkanes) is 1. The third-order valence-corrected chi connectivity index (χ3v) is 4.25. The molecule has 1 aliphatic heterocycles. The van der Waals surface area contributed by atoms with Gasteiger partial charge in [-0.2, -0.15) is 0 Å². The number of aliphatic carboxylic acids is 1. The summed E-state index contributed by atoms with van der Waals surface area (Å²) in [6, 6.07) is -0.990.